The molecule has 0 saturated carbocycles. The fraction of sp³-hybridized carbons (Fsp3) is 0.462. The summed E-state index contributed by atoms with van der Waals surface area (Å²) in [5.74, 6) is 0.632. The topological polar surface area (TPSA) is 20.3 Å². The minimum absolute atomic E-state index is 0.632. The fourth-order valence-electron chi connectivity index (χ4n) is 2.21. The first kappa shape index (κ1) is 11.5. The fourth-order valence-corrected chi connectivity index (χ4v) is 2.62. The second kappa shape index (κ2) is 5.39. The molecule has 0 aromatic heterocycles. The molecule has 0 N–H and O–H groups in total. The first-order valence-corrected chi connectivity index (χ1v) is 6.89. The van der Waals surface area contributed by atoms with Gasteiger partial charge in [-0.3, -0.25) is 4.79 Å². The standard InChI is InChI=1S/C13H17NOS/c1-16-13-4-2-11(3-5-13)12-6-8-14(10-15)9-7-12/h2-5,10,12H,6-9H2,1H3. The second-order valence-corrected chi connectivity index (χ2v) is 5.07. The lowest BCUT2D eigenvalue weighted by Gasteiger charge is -2.29. The Morgan fingerprint density at radius 2 is 1.88 bits per heavy atom. The molecular formula is C13H17NOS. The van der Waals surface area contributed by atoms with Crippen molar-refractivity contribution in [3.05, 3.63) is 29.8 Å². The smallest absolute Gasteiger partial charge is 0.209 e. The van der Waals surface area contributed by atoms with Crippen molar-refractivity contribution in [1.29, 1.82) is 0 Å². The van der Waals surface area contributed by atoms with E-state index in [1.807, 2.05) is 4.90 Å². The summed E-state index contributed by atoms with van der Waals surface area (Å²) >= 11 is 1.77. The minimum atomic E-state index is 0.632. The monoisotopic (exact) mass is 235 g/mol. The van der Waals surface area contributed by atoms with Crippen molar-refractivity contribution in [1.82, 2.24) is 4.90 Å². The molecule has 0 spiro atoms. The van der Waals surface area contributed by atoms with E-state index >= 15 is 0 Å². The zero-order valence-electron chi connectivity index (χ0n) is 9.56. The molecule has 0 radical (unpaired) electrons. The van der Waals surface area contributed by atoms with Crippen LogP contribution in [-0.2, 0) is 4.79 Å². The van der Waals surface area contributed by atoms with Gasteiger partial charge in [-0.1, -0.05) is 12.1 Å². The van der Waals surface area contributed by atoms with E-state index in [2.05, 4.69) is 30.5 Å². The van der Waals surface area contributed by atoms with E-state index in [1.54, 1.807) is 11.8 Å². The third-order valence-corrected chi connectivity index (χ3v) is 4.01. The molecule has 3 heteroatoms. The summed E-state index contributed by atoms with van der Waals surface area (Å²) in [5.41, 5.74) is 1.42. The van der Waals surface area contributed by atoms with E-state index in [1.165, 1.54) is 10.5 Å². The van der Waals surface area contributed by atoms with Gasteiger partial charge >= 0.3 is 0 Å². The molecule has 86 valence electrons. The van der Waals surface area contributed by atoms with Crippen LogP contribution < -0.4 is 0 Å². The molecule has 1 aliphatic heterocycles. The van der Waals surface area contributed by atoms with Gasteiger partial charge in [-0.2, -0.15) is 0 Å². The summed E-state index contributed by atoms with van der Waals surface area (Å²) in [6, 6.07) is 8.83. The van der Waals surface area contributed by atoms with Crippen LogP contribution in [0, 0.1) is 0 Å². The number of thioether (sulfide) groups is 1. The quantitative estimate of drug-likeness (QED) is 0.593. The van der Waals surface area contributed by atoms with E-state index in [0.717, 1.165) is 32.3 Å². The first-order valence-electron chi connectivity index (χ1n) is 5.67. The zero-order valence-corrected chi connectivity index (χ0v) is 10.4. The van der Waals surface area contributed by atoms with Gasteiger partial charge in [0.2, 0.25) is 6.41 Å². The third kappa shape index (κ3) is 2.59. The molecule has 2 rings (SSSR count). The lowest BCUT2D eigenvalue weighted by molar-refractivity contribution is -0.119. The highest BCUT2D eigenvalue weighted by molar-refractivity contribution is 7.98. The van der Waals surface area contributed by atoms with Gasteiger partial charge in [-0.05, 0) is 42.7 Å². The van der Waals surface area contributed by atoms with Crippen LogP contribution in [0.25, 0.3) is 0 Å². The van der Waals surface area contributed by atoms with Crippen molar-refractivity contribution < 1.29 is 4.79 Å². The number of nitrogens with zero attached hydrogens (tertiary/aromatic N) is 1. The zero-order chi connectivity index (χ0) is 11.4. The highest BCUT2D eigenvalue weighted by Gasteiger charge is 2.19. The largest absolute Gasteiger partial charge is 0.345 e. The highest BCUT2D eigenvalue weighted by Crippen LogP contribution is 2.28. The Balaban J connectivity index is 1.99. The van der Waals surface area contributed by atoms with E-state index in [-0.39, 0.29) is 0 Å². The number of amides is 1. The van der Waals surface area contributed by atoms with Gasteiger partial charge in [0, 0.05) is 18.0 Å². The first-order chi connectivity index (χ1) is 7.83. The highest BCUT2D eigenvalue weighted by atomic mass is 32.2. The van der Waals surface area contributed by atoms with E-state index in [4.69, 9.17) is 0 Å². The molecule has 2 nitrogen and oxygen atoms in total. The third-order valence-electron chi connectivity index (χ3n) is 3.27. The molecule has 1 heterocycles. The molecule has 1 aromatic rings. The van der Waals surface area contributed by atoms with Crippen molar-refractivity contribution in [2.45, 2.75) is 23.7 Å². The molecule has 0 unspecified atom stereocenters. The molecule has 1 amide bonds. The van der Waals surface area contributed by atoms with Gasteiger partial charge in [0.05, 0.1) is 0 Å². The van der Waals surface area contributed by atoms with Gasteiger partial charge in [0.1, 0.15) is 0 Å². The maximum atomic E-state index is 10.6. The van der Waals surface area contributed by atoms with Crippen LogP contribution in [0.2, 0.25) is 0 Å². The predicted octanol–water partition coefficient (Wildman–Crippen LogP) is 2.74. The van der Waals surface area contributed by atoms with Crippen LogP contribution in [0.5, 0.6) is 0 Å². The van der Waals surface area contributed by atoms with Crippen LogP contribution in [0.1, 0.15) is 24.3 Å². The Hall–Kier alpha value is -0.960. The van der Waals surface area contributed by atoms with Gasteiger partial charge in [-0.25, -0.2) is 0 Å². The van der Waals surface area contributed by atoms with Crippen molar-refractivity contribution >= 4 is 18.2 Å². The number of piperidine rings is 1. The van der Waals surface area contributed by atoms with E-state index in [0.29, 0.717) is 5.92 Å². The number of benzene rings is 1. The summed E-state index contributed by atoms with van der Waals surface area (Å²) in [5, 5.41) is 0. The van der Waals surface area contributed by atoms with Crippen LogP contribution in [0.3, 0.4) is 0 Å². The van der Waals surface area contributed by atoms with Crippen molar-refractivity contribution in [3.63, 3.8) is 0 Å². The van der Waals surface area contributed by atoms with Crippen LogP contribution in [0.15, 0.2) is 29.2 Å². The molecule has 1 aliphatic rings. The van der Waals surface area contributed by atoms with Crippen molar-refractivity contribution in [3.8, 4) is 0 Å². The Morgan fingerprint density at radius 3 is 2.38 bits per heavy atom. The van der Waals surface area contributed by atoms with Gasteiger partial charge in [0.15, 0.2) is 0 Å². The van der Waals surface area contributed by atoms with Gasteiger partial charge in [0.25, 0.3) is 0 Å². The van der Waals surface area contributed by atoms with Crippen molar-refractivity contribution in [2.24, 2.45) is 0 Å². The van der Waals surface area contributed by atoms with Crippen LogP contribution in [-0.4, -0.2) is 30.7 Å². The normalized spacial score (nSPS) is 17.4. The van der Waals surface area contributed by atoms with Crippen LogP contribution in [0.4, 0.5) is 0 Å². The summed E-state index contributed by atoms with van der Waals surface area (Å²) in [7, 11) is 0. The van der Waals surface area contributed by atoms with E-state index in [9.17, 15) is 4.79 Å². The molecule has 0 aliphatic carbocycles. The number of hydrogen-bond acceptors (Lipinski definition) is 2. The summed E-state index contributed by atoms with van der Waals surface area (Å²) in [4.78, 5) is 13.8. The predicted molar refractivity (Wildman–Crippen MR) is 67.8 cm³/mol. The molecule has 0 bridgehead atoms. The molecule has 16 heavy (non-hydrogen) atoms. The Bertz CT molecular complexity index is 341. The van der Waals surface area contributed by atoms with Crippen molar-refractivity contribution in [2.75, 3.05) is 19.3 Å². The lowest BCUT2D eigenvalue weighted by atomic mass is 9.90. The Kier molecular flexibility index (Phi) is 3.88. The number of carbonyl (C=O) groups is 1. The summed E-state index contributed by atoms with van der Waals surface area (Å²) in [6.45, 7) is 1.80. The Morgan fingerprint density at radius 1 is 1.25 bits per heavy atom. The molecular weight excluding hydrogens is 218 g/mol. The van der Waals surface area contributed by atoms with Gasteiger partial charge in [-0.15, -0.1) is 11.8 Å². The molecule has 1 aromatic carbocycles. The summed E-state index contributed by atoms with van der Waals surface area (Å²) in [6.07, 6.45) is 5.25. The molecule has 1 fully saturated rings. The average Bonchev–Trinajstić information content (AvgIpc) is 2.39. The Labute approximate surface area is 101 Å². The number of likely N-dealkylation sites (tertiary alicyclic amines) is 1. The number of rotatable bonds is 3. The van der Waals surface area contributed by atoms with Crippen LogP contribution >= 0.6 is 11.8 Å². The number of hydrogen-bond donors (Lipinski definition) is 0. The molecule has 1 saturated heterocycles. The second-order valence-electron chi connectivity index (χ2n) is 4.19. The minimum Gasteiger partial charge on any atom is -0.345 e. The average molecular weight is 235 g/mol. The van der Waals surface area contributed by atoms with Gasteiger partial charge < -0.3 is 4.90 Å². The molecule has 0 atom stereocenters. The maximum absolute atomic E-state index is 10.6. The lowest BCUT2D eigenvalue weighted by Crippen LogP contribution is -2.31. The number of carbonyl (C=O) groups excluding carboxylic acids is 1. The SMILES string of the molecule is CSc1ccc(C2CCN(C=O)CC2)cc1. The summed E-state index contributed by atoms with van der Waals surface area (Å²) < 4.78 is 0. The maximum Gasteiger partial charge on any atom is 0.209 e. The van der Waals surface area contributed by atoms with E-state index < -0.39 is 0 Å².